The number of nitrogens with zero attached hydrogens (tertiary/aromatic N) is 1. The molecule has 0 aromatic carbocycles. The molecule has 0 radical (unpaired) electrons. The van der Waals surface area contributed by atoms with E-state index in [1.54, 1.807) is 5.23 Å². The molecule has 0 spiro atoms. The lowest BCUT2D eigenvalue weighted by Crippen LogP contribution is -2.33. The molecule has 208 valence electrons. The topological polar surface area (TPSA) is 85.3 Å². The van der Waals surface area contributed by atoms with E-state index in [-0.39, 0.29) is 6.61 Å². The molecule has 0 aliphatic rings. The second kappa shape index (κ2) is 27.3. The Bertz CT molecular complexity index is 484. The van der Waals surface area contributed by atoms with Gasteiger partial charge < -0.3 is 0 Å². The smallest absolute Gasteiger partial charge is 0.274 e. The van der Waals surface area contributed by atoms with Crippen molar-refractivity contribution in [2.75, 3.05) is 19.8 Å². The van der Waals surface area contributed by atoms with E-state index >= 15 is 0 Å². The van der Waals surface area contributed by atoms with Gasteiger partial charge in [-0.15, -0.1) is 0 Å². The van der Waals surface area contributed by atoms with E-state index in [0.717, 1.165) is 6.42 Å². The molecule has 0 heterocycles. The van der Waals surface area contributed by atoms with Crippen molar-refractivity contribution in [3.8, 4) is 0 Å². The van der Waals surface area contributed by atoms with Gasteiger partial charge in [-0.3, -0.25) is 14.2 Å². The standard InChI is InChI=1S/C24H51NO2.C2H6O4S/c1-5-8-9-10-11-12-13-14-15-16-17-18-19-20-21-22-23-24(4)25(26-6-2)27-7-3;1-2-6-7(3,4)5/h24H,5-23H2,1-4H3;2H2,1H3,(H,3,4,5). The van der Waals surface area contributed by atoms with E-state index in [2.05, 4.69) is 18.0 Å². The van der Waals surface area contributed by atoms with Crippen molar-refractivity contribution in [3.63, 3.8) is 0 Å². The van der Waals surface area contributed by atoms with Crippen LogP contribution in [0, 0.1) is 0 Å². The summed E-state index contributed by atoms with van der Waals surface area (Å²) in [5.41, 5.74) is 0. The molecular weight excluding hydrogens is 454 g/mol. The number of hydrogen-bond donors (Lipinski definition) is 1. The third kappa shape index (κ3) is 29.8. The van der Waals surface area contributed by atoms with Crippen LogP contribution in [0.2, 0.25) is 0 Å². The lowest BCUT2D eigenvalue weighted by molar-refractivity contribution is -0.383. The Morgan fingerprint density at radius 2 is 0.971 bits per heavy atom. The molecule has 0 aromatic rings. The minimum Gasteiger partial charge on any atom is -0.274 e. The van der Waals surface area contributed by atoms with Gasteiger partial charge in [0.2, 0.25) is 0 Å². The fourth-order valence-corrected chi connectivity index (χ4v) is 4.09. The van der Waals surface area contributed by atoms with Crippen LogP contribution in [0.25, 0.3) is 0 Å². The van der Waals surface area contributed by atoms with Crippen LogP contribution in [0.1, 0.15) is 144 Å². The van der Waals surface area contributed by atoms with Gasteiger partial charge in [0.1, 0.15) is 0 Å². The monoisotopic (exact) mass is 511 g/mol. The first kappa shape index (κ1) is 35.9. The highest BCUT2D eigenvalue weighted by atomic mass is 32.3. The molecule has 0 aliphatic carbocycles. The Hall–Kier alpha value is -0.250. The second-order valence-electron chi connectivity index (χ2n) is 8.90. The Kier molecular flexibility index (Phi) is 28.9. The fraction of sp³-hybridized carbons (Fsp3) is 1.00. The first-order valence-electron chi connectivity index (χ1n) is 14.0. The van der Waals surface area contributed by atoms with Crippen LogP contribution in [-0.2, 0) is 24.3 Å². The first-order valence-corrected chi connectivity index (χ1v) is 15.4. The summed E-state index contributed by atoms with van der Waals surface area (Å²) in [5, 5.41) is 1.70. The predicted molar refractivity (Wildman–Crippen MR) is 142 cm³/mol. The SMILES string of the molecule is CCCCCCCCCCCCCCCCCCC(C)N(OCC)OCC.CCOS(=O)(=O)O. The minimum absolute atomic E-state index is 0.0289. The molecule has 0 saturated carbocycles. The Balaban J connectivity index is 0. The van der Waals surface area contributed by atoms with Crippen LogP contribution < -0.4 is 0 Å². The highest BCUT2D eigenvalue weighted by molar-refractivity contribution is 7.80. The third-order valence-electron chi connectivity index (χ3n) is 5.61. The summed E-state index contributed by atoms with van der Waals surface area (Å²) < 4.78 is 30.7. The highest BCUT2D eigenvalue weighted by Crippen LogP contribution is 2.15. The summed E-state index contributed by atoms with van der Waals surface area (Å²) >= 11 is 0. The van der Waals surface area contributed by atoms with Crippen molar-refractivity contribution in [3.05, 3.63) is 0 Å². The van der Waals surface area contributed by atoms with Gasteiger partial charge in [-0.1, -0.05) is 115 Å². The highest BCUT2D eigenvalue weighted by Gasteiger charge is 2.14. The van der Waals surface area contributed by atoms with E-state index in [9.17, 15) is 8.42 Å². The van der Waals surface area contributed by atoms with Crippen LogP contribution in [0.15, 0.2) is 0 Å². The average Bonchev–Trinajstić information content (AvgIpc) is 2.78. The van der Waals surface area contributed by atoms with Crippen molar-refractivity contribution in [1.82, 2.24) is 5.23 Å². The molecule has 0 aromatic heterocycles. The zero-order valence-corrected chi connectivity index (χ0v) is 23.9. The lowest BCUT2D eigenvalue weighted by Gasteiger charge is -2.25. The van der Waals surface area contributed by atoms with Gasteiger partial charge in [0.25, 0.3) is 0 Å². The Morgan fingerprint density at radius 3 is 1.24 bits per heavy atom. The molecule has 0 amide bonds. The van der Waals surface area contributed by atoms with Gasteiger partial charge >= 0.3 is 10.4 Å². The summed E-state index contributed by atoms with van der Waals surface area (Å²) in [6.45, 7) is 11.3. The molecule has 1 N–H and O–H groups in total. The van der Waals surface area contributed by atoms with Crippen molar-refractivity contribution in [2.45, 2.75) is 150 Å². The summed E-state index contributed by atoms with van der Waals surface area (Å²) in [4.78, 5) is 11.1. The zero-order chi connectivity index (χ0) is 25.9. The van der Waals surface area contributed by atoms with Crippen LogP contribution >= 0.6 is 0 Å². The van der Waals surface area contributed by atoms with Crippen molar-refractivity contribution in [1.29, 1.82) is 0 Å². The molecule has 8 heteroatoms. The van der Waals surface area contributed by atoms with Crippen molar-refractivity contribution in [2.24, 2.45) is 0 Å². The fourth-order valence-electron chi connectivity index (χ4n) is 3.79. The van der Waals surface area contributed by atoms with E-state index in [0.29, 0.717) is 19.3 Å². The molecule has 1 atom stereocenters. The summed E-state index contributed by atoms with van der Waals surface area (Å²) in [7, 11) is -4.17. The van der Waals surface area contributed by atoms with Crippen LogP contribution in [0.4, 0.5) is 0 Å². The summed E-state index contributed by atoms with van der Waals surface area (Å²) in [5.74, 6) is 0. The number of hydroxylamine groups is 2. The molecule has 0 saturated heterocycles. The van der Waals surface area contributed by atoms with E-state index in [1.165, 1.54) is 110 Å². The molecule has 1 unspecified atom stereocenters. The van der Waals surface area contributed by atoms with Crippen LogP contribution in [0.3, 0.4) is 0 Å². The Morgan fingerprint density at radius 1 is 0.618 bits per heavy atom. The maximum absolute atomic E-state index is 9.56. The van der Waals surface area contributed by atoms with Gasteiger partial charge in [-0.05, 0) is 34.1 Å². The van der Waals surface area contributed by atoms with Crippen molar-refractivity contribution >= 4 is 10.4 Å². The van der Waals surface area contributed by atoms with Gasteiger partial charge in [-0.25, -0.2) is 4.18 Å². The van der Waals surface area contributed by atoms with Crippen LogP contribution in [-0.4, -0.2) is 44.1 Å². The molecule has 0 rings (SSSR count). The second-order valence-corrected chi connectivity index (χ2v) is 9.99. The number of hydrogen-bond acceptors (Lipinski definition) is 6. The van der Waals surface area contributed by atoms with E-state index in [4.69, 9.17) is 14.2 Å². The minimum atomic E-state index is -4.17. The molecule has 0 aliphatic heterocycles. The summed E-state index contributed by atoms with van der Waals surface area (Å²) in [6.07, 6.45) is 23.9. The summed E-state index contributed by atoms with van der Waals surface area (Å²) in [6, 6.07) is 0.344. The van der Waals surface area contributed by atoms with Crippen LogP contribution in [0.5, 0.6) is 0 Å². The molecular formula is C26H57NO6S. The van der Waals surface area contributed by atoms with Gasteiger partial charge in [0, 0.05) is 0 Å². The molecule has 7 nitrogen and oxygen atoms in total. The zero-order valence-electron chi connectivity index (χ0n) is 23.1. The molecule has 0 bridgehead atoms. The van der Waals surface area contributed by atoms with Crippen molar-refractivity contribution < 1.29 is 26.8 Å². The van der Waals surface area contributed by atoms with E-state index in [1.807, 2.05) is 13.8 Å². The quantitative estimate of drug-likeness (QED) is 0.0796. The largest absolute Gasteiger partial charge is 0.397 e. The maximum atomic E-state index is 9.56. The Labute approximate surface area is 212 Å². The normalized spacial score (nSPS) is 12.6. The molecule has 0 fully saturated rings. The number of rotatable bonds is 24. The molecule has 34 heavy (non-hydrogen) atoms. The maximum Gasteiger partial charge on any atom is 0.397 e. The van der Waals surface area contributed by atoms with Gasteiger partial charge in [-0.2, -0.15) is 8.42 Å². The van der Waals surface area contributed by atoms with Gasteiger partial charge in [0.05, 0.1) is 25.9 Å². The average molecular weight is 512 g/mol. The van der Waals surface area contributed by atoms with Gasteiger partial charge in [0.15, 0.2) is 0 Å². The predicted octanol–water partition coefficient (Wildman–Crippen LogP) is 8.06. The third-order valence-corrected chi connectivity index (χ3v) is 6.15. The number of unbranched alkanes of at least 4 members (excludes halogenated alkanes) is 15. The first-order chi connectivity index (χ1) is 16.3. The lowest BCUT2D eigenvalue weighted by atomic mass is 10.0. The van der Waals surface area contributed by atoms with E-state index < -0.39 is 10.4 Å².